The van der Waals surface area contributed by atoms with Gasteiger partial charge < -0.3 is 14.4 Å². The number of amides is 1. The van der Waals surface area contributed by atoms with Gasteiger partial charge in [-0.3, -0.25) is 9.59 Å². The van der Waals surface area contributed by atoms with Crippen molar-refractivity contribution in [2.45, 2.75) is 12.8 Å². The van der Waals surface area contributed by atoms with Gasteiger partial charge in [-0.2, -0.15) is 0 Å². The molecule has 0 aliphatic carbocycles. The summed E-state index contributed by atoms with van der Waals surface area (Å²) in [4.78, 5) is 25.3. The van der Waals surface area contributed by atoms with Gasteiger partial charge in [0.15, 0.2) is 5.76 Å². The highest BCUT2D eigenvalue weighted by Gasteiger charge is 2.37. The first kappa shape index (κ1) is 12.5. The van der Waals surface area contributed by atoms with Gasteiger partial charge in [0, 0.05) is 17.8 Å². The lowest BCUT2D eigenvalue weighted by atomic mass is 10.0. The van der Waals surface area contributed by atoms with E-state index in [2.05, 4.69) is 0 Å². The van der Waals surface area contributed by atoms with Crippen LogP contribution in [0, 0.1) is 6.92 Å². The third-order valence-corrected chi connectivity index (χ3v) is 3.57. The van der Waals surface area contributed by atoms with Crippen molar-refractivity contribution in [2.24, 2.45) is 0 Å². The maximum Gasteiger partial charge on any atom is 0.312 e. The Balaban J connectivity index is 2.03. The topological polar surface area (TPSA) is 70.8 Å². The fourth-order valence-electron chi connectivity index (χ4n) is 2.53. The molecule has 1 aromatic heterocycles. The van der Waals surface area contributed by atoms with Crippen molar-refractivity contribution in [3.63, 3.8) is 0 Å². The normalized spacial score (nSPS) is 17.1. The number of carboxylic acid groups (broad SMARTS) is 1. The number of rotatable bonds is 2. The molecule has 20 heavy (non-hydrogen) atoms. The molecule has 5 heteroatoms. The van der Waals surface area contributed by atoms with Crippen LogP contribution in [0.3, 0.4) is 0 Å². The SMILES string of the molecule is Cc1ccoc1C(=O)N1C[C@@H](C(=O)O)c2ccccc21. The summed E-state index contributed by atoms with van der Waals surface area (Å²) in [6, 6.07) is 8.79. The molecule has 2 aromatic rings. The molecule has 1 N–H and O–H groups in total. The predicted octanol–water partition coefficient (Wildman–Crippen LogP) is 2.42. The summed E-state index contributed by atoms with van der Waals surface area (Å²) in [7, 11) is 0. The molecule has 1 atom stereocenters. The van der Waals surface area contributed by atoms with Gasteiger partial charge in [-0.1, -0.05) is 18.2 Å². The number of furan rings is 1. The summed E-state index contributed by atoms with van der Waals surface area (Å²) in [6.07, 6.45) is 1.46. The summed E-state index contributed by atoms with van der Waals surface area (Å²) in [5, 5.41) is 9.28. The number of aryl methyl sites for hydroxylation is 1. The number of carbonyl (C=O) groups is 2. The van der Waals surface area contributed by atoms with E-state index in [1.54, 1.807) is 37.3 Å². The summed E-state index contributed by atoms with van der Waals surface area (Å²) in [6.45, 7) is 1.92. The zero-order valence-electron chi connectivity index (χ0n) is 10.9. The molecular weight excluding hydrogens is 258 g/mol. The van der Waals surface area contributed by atoms with Gasteiger partial charge in [-0.05, 0) is 24.6 Å². The Morgan fingerprint density at radius 3 is 2.70 bits per heavy atom. The molecule has 1 amide bonds. The number of anilines is 1. The first-order valence-corrected chi connectivity index (χ1v) is 6.27. The molecule has 0 radical (unpaired) electrons. The van der Waals surface area contributed by atoms with Crippen LogP contribution in [0.25, 0.3) is 0 Å². The lowest BCUT2D eigenvalue weighted by molar-refractivity contribution is -0.138. The first-order chi connectivity index (χ1) is 9.59. The number of hydrogen-bond donors (Lipinski definition) is 1. The third-order valence-electron chi connectivity index (χ3n) is 3.57. The highest BCUT2D eigenvalue weighted by molar-refractivity contribution is 6.07. The number of fused-ring (bicyclic) bond motifs is 1. The van der Waals surface area contributed by atoms with Crippen molar-refractivity contribution in [3.8, 4) is 0 Å². The Kier molecular flexibility index (Phi) is 2.82. The van der Waals surface area contributed by atoms with E-state index in [1.807, 2.05) is 0 Å². The van der Waals surface area contributed by atoms with E-state index in [0.29, 0.717) is 11.3 Å². The van der Waals surface area contributed by atoms with Crippen LogP contribution in [0.4, 0.5) is 5.69 Å². The molecule has 3 rings (SSSR count). The summed E-state index contributed by atoms with van der Waals surface area (Å²) >= 11 is 0. The molecule has 1 aliphatic heterocycles. The van der Waals surface area contributed by atoms with Crippen molar-refractivity contribution in [1.82, 2.24) is 0 Å². The predicted molar refractivity (Wildman–Crippen MR) is 71.9 cm³/mol. The van der Waals surface area contributed by atoms with Gasteiger partial charge in [0.25, 0.3) is 5.91 Å². The van der Waals surface area contributed by atoms with Crippen molar-refractivity contribution < 1.29 is 19.1 Å². The maximum atomic E-state index is 12.5. The van der Waals surface area contributed by atoms with Gasteiger partial charge >= 0.3 is 5.97 Å². The maximum absolute atomic E-state index is 12.5. The Hall–Kier alpha value is -2.56. The molecule has 2 heterocycles. The second kappa shape index (κ2) is 4.52. The molecule has 0 saturated carbocycles. The first-order valence-electron chi connectivity index (χ1n) is 6.27. The molecule has 102 valence electrons. The fraction of sp³-hybridized carbons (Fsp3) is 0.200. The Labute approximate surface area is 115 Å². The third kappa shape index (κ3) is 1.79. The van der Waals surface area contributed by atoms with E-state index in [9.17, 15) is 14.7 Å². The largest absolute Gasteiger partial charge is 0.481 e. The van der Waals surface area contributed by atoms with Gasteiger partial charge in [0.05, 0.1) is 6.26 Å². The summed E-state index contributed by atoms with van der Waals surface area (Å²) in [5.41, 5.74) is 2.05. The smallest absolute Gasteiger partial charge is 0.312 e. The Morgan fingerprint density at radius 1 is 1.30 bits per heavy atom. The average molecular weight is 271 g/mol. The zero-order chi connectivity index (χ0) is 14.3. The summed E-state index contributed by atoms with van der Waals surface area (Å²) < 4.78 is 5.21. The molecule has 0 fully saturated rings. The van der Waals surface area contributed by atoms with Crippen molar-refractivity contribution in [2.75, 3.05) is 11.4 Å². The minimum Gasteiger partial charge on any atom is -0.481 e. The monoisotopic (exact) mass is 271 g/mol. The standard InChI is InChI=1S/C15H13NO4/c1-9-6-7-20-13(9)14(17)16-8-11(15(18)19)10-4-2-3-5-12(10)16/h2-7,11H,8H2,1H3,(H,18,19)/t11-/m1/s1. The van der Waals surface area contributed by atoms with E-state index >= 15 is 0 Å². The summed E-state index contributed by atoms with van der Waals surface area (Å²) in [5.74, 6) is -1.66. The molecule has 5 nitrogen and oxygen atoms in total. The number of hydrogen-bond acceptors (Lipinski definition) is 3. The van der Waals surface area contributed by atoms with Crippen LogP contribution in [0.1, 0.15) is 27.6 Å². The second-order valence-corrected chi connectivity index (χ2v) is 4.80. The molecular formula is C15H13NO4. The minimum absolute atomic E-state index is 0.133. The number of benzene rings is 1. The van der Waals surface area contributed by atoms with Crippen LogP contribution in [-0.4, -0.2) is 23.5 Å². The van der Waals surface area contributed by atoms with Crippen molar-refractivity contribution >= 4 is 17.6 Å². The number of carbonyl (C=O) groups excluding carboxylic acids is 1. The van der Waals surface area contributed by atoms with Crippen LogP contribution < -0.4 is 4.90 Å². The lowest BCUT2D eigenvalue weighted by Crippen LogP contribution is -2.31. The molecule has 0 saturated heterocycles. The number of para-hydroxylation sites is 1. The number of nitrogens with zero attached hydrogens (tertiary/aromatic N) is 1. The van der Waals surface area contributed by atoms with Gasteiger partial charge in [-0.25, -0.2) is 0 Å². The minimum atomic E-state index is -0.927. The van der Waals surface area contributed by atoms with Crippen LogP contribution in [0.2, 0.25) is 0 Å². The molecule has 0 unspecified atom stereocenters. The van der Waals surface area contributed by atoms with Gasteiger partial charge in [-0.15, -0.1) is 0 Å². The van der Waals surface area contributed by atoms with Gasteiger partial charge in [0.2, 0.25) is 0 Å². The van der Waals surface area contributed by atoms with Crippen LogP contribution in [-0.2, 0) is 4.79 Å². The lowest BCUT2D eigenvalue weighted by Gasteiger charge is -2.16. The van der Waals surface area contributed by atoms with E-state index in [-0.39, 0.29) is 18.2 Å². The van der Waals surface area contributed by atoms with E-state index < -0.39 is 11.9 Å². The van der Waals surface area contributed by atoms with E-state index in [4.69, 9.17) is 4.42 Å². The van der Waals surface area contributed by atoms with Crippen molar-refractivity contribution in [3.05, 3.63) is 53.5 Å². The van der Waals surface area contributed by atoms with Crippen LogP contribution in [0.5, 0.6) is 0 Å². The van der Waals surface area contributed by atoms with Crippen LogP contribution in [0.15, 0.2) is 41.0 Å². The zero-order valence-corrected chi connectivity index (χ0v) is 10.9. The average Bonchev–Trinajstić information content (AvgIpc) is 3.01. The molecule has 0 spiro atoms. The Bertz CT molecular complexity index is 689. The van der Waals surface area contributed by atoms with Crippen LogP contribution >= 0.6 is 0 Å². The quantitative estimate of drug-likeness (QED) is 0.910. The second-order valence-electron chi connectivity index (χ2n) is 4.80. The molecule has 0 bridgehead atoms. The van der Waals surface area contributed by atoms with E-state index in [0.717, 1.165) is 5.56 Å². The Morgan fingerprint density at radius 2 is 2.05 bits per heavy atom. The molecule has 1 aromatic carbocycles. The highest BCUT2D eigenvalue weighted by Crippen LogP contribution is 2.37. The number of carboxylic acids is 1. The van der Waals surface area contributed by atoms with Gasteiger partial charge in [0.1, 0.15) is 5.92 Å². The van der Waals surface area contributed by atoms with Crippen molar-refractivity contribution in [1.29, 1.82) is 0 Å². The highest BCUT2D eigenvalue weighted by atomic mass is 16.4. The van der Waals surface area contributed by atoms with E-state index in [1.165, 1.54) is 11.2 Å². The number of aliphatic carboxylic acids is 1. The molecule has 1 aliphatic rings. The fourth-order valence-corrected chi connectivity index (χ4v) is 2.53.